The van der Waals surface area contributed by atoms with E-state index in [1.54, 1.807) is 0 Å². The van der Waals surface area contributed by atoms with Crippen molar-refractivity contribution in [3.8, 4) is 5.75 Å². The van der Waals surface area contributed by atoms with Gasteiger partial charge in [0.2, 0.25) is 0 Å². The van der Waals surface area contributed by atoms with Crippen LogP contribution in [0.15, 0.2) is 24.3 Å². The molecule has 126 valence electrons. The highest BCUT2D eigenvalue weighted by atomic mass is 16.5. The van der Waals surface area contributed by atoms with Crippen molar-refractivity contribution in [3.05, 3.63) is 29.8 Å². The zero-order valence-electron chi connectivity index (χ0n) is 13.9. The molecule has 1 aliphatic rings. The summed E-state index contributed by atoms with van der Waals surface area (Å²) in [5.74, 6) is -0.399. The van der Waals surface area contributed by atoms with Crippen LogP contribution in [-0.2, 0) is 16.1 Å². The van der Waals surface area contributed by atoms with Gasteiger partial charge in [-0.1, -0.05) is 37.5 Å². The van der Waals surface area contributed by atoms with Crippen molar-refractivity contribution in [2.45, 2.75) is 64.6 Å². The van der Waals surface area contributed by atoms with Crippen molar-refractivity contribution >= 4 is 11.8 Å². The Morgan fingerprint density at radius 3 is 2.52 bits per heavy atom. The minimum atomic E-state index is -0.588. The predicted octanol–water partition coefficient (Wildman–Crippen LogP) is 2.54. The van der Waals surface area contributed by atoms with E-state index >= 15 is 0 Å². The fourth-order valence-electron chi connectivity index (χ4n) is 2.77. The van der Waals surface area contributed by atoms with E-state index in [-0.39, 0.29) is 18.7 Å². The molecule has 0 bridgehead atoms. The SMILES string of the molecule is CC(C)Oc1ccccc1CNC(=O)C(=O)NC1CCCCC1. The van der Waals surface area contributed by atoms with Gasteiger partial charge in [-0.05, 0) is 32.8 Å². The van der Waals surface area contributed by atoms with Crippen LogP contribution in [0.2, 0.25) is 0 Å². The van der Waals surface area contributed by atoms with Crippen LogP contribution in [0.1, 0.15) is 51.5 Å². The van der Waals surface area contributed by atoms with Gasteiger partial charge >= 0.3 is 11.8 Å². The van der Waals surface area contributed by atoms with Crippen LogP contribution in [0.3, 0.4) is 0 Å². The molecule has 2 rings (SSSR count). The first kappa shape index (κ1) is 17.3. The van der Waals surface area contributed by atoms with Gasteiger partial charge in [0.1, 0.15) is 5.75 Å². The number of ether oxygens (including phenoxy) is 1. The maximum Gasteiger partial charge on any atom is 0.309 e. The normalized spacial score (nSPS) is 15.3. The van der Waals surface area contributed by atoms with E-state index in [0.29, 0.717) is 0 Å². The van der Waals surface area contributed by atoms with Crippen LogP contribution in [0, 0.1) is 0 Å². The summed E-state index contributed by atoms with van der Waals surface area (Å²) in [5.41, 5.74) is 0.861. The van der Waals surface area contributed by atoms with Crippen molar-refractivity contribution < 1.29 is 14.3 Å². The predicted molar refractivity (Wildman–Crippen MR) is 89.1 cm³/mol. The molecule has 0 spiro atoms. The van der Waals surface area contributed by atoms with E-state index in [1.165, 1.54) is 6.42 Å². The van der Waals surface area contributed by atoms with E-state index in [2.05, 4.69) is 10.6 Å². The van der Waals surface area contributed by atoms with Crippen LogP contribution >= 0.6 is 0 Å². The minimum Gasteiger partial charge on any atom is -0.491 e. The Balaban J connectivity index is 1.85. The Kier molecular flexibility index (Phi) is 6.44. The first-order valence-electron chi connectivity index (χ1n) is 8.39. The van der Waals surface area contributed by atoms with Crippen LogP contribution in [0.5, 0.6) is 5.75 Å². The highest BCUT2D eigenvalue weighted by molar-refractivity contribution is 6.35. The molecule has 0 heterocycles. The van der Waals surface area contributed by atoms with E-state index in [4.69, 9.17) is 4.74 Å². The van der Waals surface area contributed by atoms with E-state index < -0.39 is 11.8 Å². The summed E-state index contributed by atoms with van der Waals surface area (Å²) in [6, 6.07) is 7.66. The average Bonchev–Trinajstić information content (AvgIpc) is 2.54. The molecule has 5 heteroatoms. The summed E-state index contributed by atoms with van der Waals surface area (Å²) >= 11 is 0. The fraction of sp³-hybridized carbons (Fsp3) is 0.556. The van der Waals surface area contributed by atoms with Crippen LogP contribution in [0.4, 0.5) is 0 Å². The lowest BCUT2D eigenvalue weighted by Gasteiger charge is -2.22. The summed E-state index contributed by atoms with van der Waals surface area (Å²) < 4.78 is 5.71. The Bertz CT molecular complexity index is 537. The Labute approximate surface area is 137 Å². The van der Waals surface area contributed by atoms with Gasteiger partial charge in [0, 0.05) is 18.2 Å². The second-order valence-electron chi connectivity index (χ2n) is 6.27. The monoisotopic (exact) mass is 318 g/mol. The lowest BCUT2D eigenvalue weighted by Crippen LogP contribution is -2.45. The highest BCUT2D eigenvalue weighted by Crippen LogP contribution is 2.19. The lowest BCUT2D eigenvalue weighted by atomic mass is 9.95. The number of carbonyl (C=O) groups is 2. The summed E-state index contributed by atoms with van der Waals surface area (Å²) in [6.45, 7) is 4.18. The van der Waals surface area contributed by atoms with Gasteiger partial charge in [-0.2, -0.15) is 0 Å². The number of hydrogen-bond donors (Lipinski definition) is 2. The molecular formula is C18H26N2O3. The molecule has 2 amide bonds. The van der Waals surface area contributed by atoms with Crippen LogP contribution < -0.4 is 15.4 Å². The van der Waals surface area contributed by atoms with Crippen molar-refractivity contribution in [3.63, 3.8) is 0 Å². The second kappa shape index (κ2) is 8.56. The molecule has 0 unspecified atom stereocenters. The first-order chi connectivity index (χ1) is 11.1. The number of nitrogens with one attached hydrogen (secondary N) is 2. The Morgan fingerprint density at radius 1 is 1.13 bits per heavy atom. The average molecular weight is 318 g/mol. The quantitative estimate of drug-likeness (QED) is 0.820. The molecule has 1 aromatic rings. The third kappa shape index (κ3) is 5.58. The maximum atomic E-state index is 12.0. The molecule has 23 heavy (non-hydrogen) atoms. The van der Waals surface area contributed by atoms with E-state index in [9.17, 15) is 9.59 Å². The largest absolute Gasteiger partial charge is 0.491 e. The van der Waals surface area contributed by atoms with Crippen molar-refractivity contribution in [1.29, 1.82) is 0 Å². The summed E-state index contributed by atoms with van der Waals surface area (Å²) in [7, 11) is 0. The number of amides is 2. The number of carbonyl (C=O) groups excluding carboxylic acids is 2. The van der Waals surface area contributed by atoms with Gasteiger partial charge < -0.3 is 15.4 Å². The zero-order chi connectivity index (χ0) is 16.7. The summed E-state index contributed by atoms with van der Waals surface area (Å²) in [4.78, 5) is 23.9. The molecule has 0 aliphatic heterocycles. The second-order valence-corrected chi connectivity index (χ2v) is 6.27. The number of benzene rings is 1. The van der Waals surface area contributed by atoms with Gasteiger partial charge in [0.05, 0.1) is 6.10 Å². The standard InChI is InChI=1S/C18H26N2O3/c1-13(2)23-16-11-7-6-8-14(16)12-19-17(21)18(22)20-15-9-4-3-5-10-15/h6-8,11,13,15H,3-5,9-10,12H2,1-2H3,(H,19,21)(H,20,22). The molecule has 0 saturated heterocycles. The minimum absolute atomic E-state index is 0.0569. The van der Waals surface area contributed by atoms with E-state index in [1.807, 2.05) is 38.1 Å². The molecule has 0 radical (unpaired) electrons. The molecule has 1 saturated carbocycles. The molecule has 0 aromatic heterocycles. The van der Waals surface area contributed by atoms with E-state index in [0.717, 1.165) is 37.0 Å². The number of hydrogen-bond acceptors (Lipinski definition) is 3. The summed E-state index contributed by atoms with van der Waals surface area (Å²) in [6.07, 6.45) is 5.43. The van der Waals surface area contributed by atoms with Gasteiger partial charge in [-0.25, -0.2) is 0 Å². The van der Waals surface area contributed by atoms with Crippen molar-refractivity contribution in [2.75, 3.05) is 0 Å². The topological polar surface area (TPSA) is 67.4 Å². The fourth-order valence-corrected chi connectivity index (χ4v) is 2.77. The lowest BCUT2D eigenvalue weighted by molar-refractivity contribution is -0.139. The zero-order valence-corrected chi connectivity index (χ0v) is 13.9. The maximum absolute atomic E-state index is 12.0. The molecule has 2 N–H and O–H groups in total. The summed E-state index contributed by atoms with van der Waals surface area (Å²) in [5, 5.41) is 5.49. The molecule has 1 aromatic carbocycles. The Morgan fingerprint density at radius 2 is 1.83 bits per heavy atom. The molecular weight excluding hydrogens is 292 g/mol. The number of para-hydroxylation sites is 1. The van der Waals surface area contributed by atoms with Crippen molar-refractivity contribution in [2.24, 2.45) is 0 Å². The van der Waals surface area contributed by atoms with Crippen LogP contribution in [0.25, 0.3) is 0 Å². The molecule has 1 fully saturated rings. The van der Waals surface area contributed by atoms with Crippen LogP contribution in [-0.4, -0.2) is 24.0 Å². The molecule has 1 aliphatic carbocycles. The first-order valence-corrected chi connectivity index (χ1v) is 8.39. The van der Waals surface area contributed by atoms with Gasteiger partial charge in [0.15, 0.2) is 0 Å². The Hall–Kier alpha value is -2.04. The molecule has 5 nitrogen and oxygen atoms in total. The highest BCUT2D eigenvalue weighted by Gasteiger charge is 2.20. The third-order valence-electron chi connectivity index (χ3n) is 3.92. The van der Waals surface area contributed by atoms with Gasteiger partial charge in [-0.15, -0.1) is 0 Å². The number of rotatable bonds is 5. The third-order valence-corrected chi connectivity index (χ3v) is 3.92. The smallest absolute Gasteiger partial charge is 0.309 e. The molecule has 0 atom stereocenters. The van der Waals surface area contributed by atoms with Crippen molar-refractivity contribution in [1.82, 2.24) is 10.6 Å². The van der Waals surface area contributed by atoms with Gasteiger partial charge in [-0.3, -0.25) is 9.59 Å². The van der Waals surface area contributed by atoms with Gasteiger partial charge in [0.25, 0.3) is 0 Å².